The van der Waals surface area contributed by atoms with Gasteiger partial charge in [0.25, 0.3) is 5.69 Å². The van der Waals surface area contributed by atoms with E-state index < -0.39 is 10.7 Å². The number of nitro benzene ring substituents is 1. The van der Waals surface area contributed by atoms with Crippen molar-refractivity contribution in [2.24, 2.45) is 0 Å². The van der Waals surface area contributed by atoms with Crippen molar-refractivity contribution in [2.45, 2.75) is 25.4 Å². The first-order chi connectivity index (χ1) is 8.47. The molecule has 2 atom stereocenters. The lowest BCUT2D eigenvalue weighted by molar-refractivity contribution is -0.385. The van der Waals surface area contributed by atoms with E-state index in [-0.39, 0.29) is 11.7 Å². The number of halogens is 1. The van der Waals surface area contributed by atoms with Gasteiger partial charge in [-0.25, -0.2) is 4.39 Å². The summed E-state index contributed by atoms with van der Waals surface area (Å²) in [6.07, 6.45) is 0.937. The van der Waals surface area contributed by atoms with Crippen LogP contribution < -0.4 is 5.32 Å². The Morgan fingerprint density at radius 3 is 2.78 bits per heavy atom. The number of hydrogen-bond acceptors (Lipinski definition) is 4. The van der Waals surface area contributed by atoms with Gasteiger partial charge in [-0.2, -0.15) is 0 Å². The number of nitrogens with one attached hydrogen (secondary N) is 1. The highest BCUT2D eigenvalue weighted by molar-refractivity contribution is 5.50. The smallest absolute Gasteiger partial charge is 0.272 e. The van der Waals surface area contributed by atoms with E-state index in [2.05, 4.69) is 17.1 Å². The van der Waals surface area contributed by atoms with Crippen molar-refractivity contribution >= 4 is 11.4 Å². The van der Waals surface area contributed by atoms with Crippen molar-refractivity contribution < 1.29 is 9.31 Å². The van der Waals surface area contributed by atoms with Gasteiger partial charge in [-0.05, 0) is 26.5 Å². The maximum Gasteiger partial charge on any atom is 0.272 e. The van der Waals surface area contributed by atoms with Crippen molar-refractivity contribution in [3.05, 3.63) is 34.1 Å². The van der Waals surface area contributed by atoms with Crippen LogP contribution in [0, 0.1) is 15.9 Å². The number of likely N-dealkylation sites (N-methyl/N-ethyl adjacent to an activating group) is 1. The molecule has 1 aliphatic heterocycles. The fourth-order valence-electron chi connectivity index (χ4n) is 2.25. The van der Waals surface area contributed by atoms with E-state index in [1.54, 1.807) is 0 Å². The first-order valence-corrected chi connectivity index (χ1v) is 5.88. The zero-order valence-electron chi connectivity index (χ0n) is 10.4. The molecule has 0 radical (unpaired) electrons. The average Bonchev–Trinajstić information content (AvgIpc) is 2.61. The second-order valence-corrected chi connectivity index (χ2v) is 4.79. The maximum atomic E-state index is 13.7. The van der Waals surface area contributed by atoms with Crippen LogP contribution in [0.4, 0.5) is 15.8 Å². The first-order valence-electron chi connectivity index (χ1n) is 5.88. The molecule has 0 spiro atoms. The third kappa shape index (κ3) is 2.59. The molecule has 1 aromatic rings. The van der Waals surface area contributed by atoms with Crippen molar-refractivity contribution in [3.63, 3.8) is 0 Å². The Bertz CT molecular complexity index is 457. The molecule has 18 heavy (non-hydrogen) atoms. The fourth-order valence-corrected chi connectivity index (χ4v) is 2.25. The van der Waals surface area contributed by atoms with Crippen molar-refractivity contribution in [2.75, 3.05) is 18.9 Å². The summed E-state index contributed by atoms with van der Waals surface area (Å²) in [4.78, 5) is 12.1. The lowest BCUT2D eigenvalue weighted by Gasteiger charge is -2.14. The number of rotatable bonds is 3. The van der Waals surface area contributed by atoms with E-state index in [0.717, 1.165) is 19.0 Å². The van der Waals surface area contributed by atoms with Gasteiger partial charge >= 0.3 is 0 Å². The summed E-state index contributed by atoms with van der Waals surface area (Å²) >= 11 is 0. The van der Waals surface area contributed by atoms with E-state index in [1.165, 1.54) is 12.1 Å². The predicted molar refractivity (Wildman–Crippen MR) is 67.2 cm³/mol. The minimum absolute atomic E-state index is 0.181. The summed E-state index contributed by atoms with van der Waals surface area (Å²) in [7, 11) is 2.03. The van der Waals surface area contributed by atoms with Gasteiger partial charge < -0.3 is 10.2 Å². The molecule has 1 N–H and O–H groups in total. The van der Waals surface area contributed by atoms with Gasteiger partial charge in [0.2, 0.25) is 0 Å². The van der Waals surface area contributed by atoms with Gasteiger partial charge in [0.05, 0.1) is 16.7 Å². The SMILES string of the molecule is CC1CC(Nc2ccc([N+](=O)[O-])cc2F)CN1C. The van der Waals surface area contributed by atoms with E-state index in [1.807, 2.05) is 7.05 Å². The van der Waals surface area contributed by atoms with Crippen LogP contribution in [-0.4, -0.2) is 35.5 Å². The Labute approximate surface area is 105 Å². The highest BCUT2D eigenvalue weighted by atomic mass is 19.1. The van der Waals surface area contributed by atoms with Crippen molar-refractivity contribution in [1.29, 1.82) is 0 Å². The quantitative estimate of drug-likeness (QED) is 0.663. The Balaban J connectivity index is 2.08. The normalized spacial score (nSPS) is 24.2. The second-order valence-electron chi connectivity index (χ2n) is 4.79. The van der Waals surface area contributed by atoms with Crippen LogP contribution in [-0.2, 0) is 0 Å². The summed E-state index contributed by atoms with van der Waals surface area (Å²) in [5, 5.41) is 13.6. The Kier molecular flexibility index (Phi) is 3.47. The van der Waals surface area contributed by atoms with Crippen LogP contribution in [0.5, 0.6) is 0 Å². The zero-order valence-corrected chi connectivity index (χ0v) is 10.4. The van der Waals surface area contributed by atoms with Crippen LogP contribution in [0.15, 0.2) is 18.2 Å². The molecule has 1 aliphatic rings. The molecule has 1 heterocycles. The van der Waals surface area contributed by atoms with Gasteiger partial charge in [0, 0.05) is 24.7 Å². The van der Waals surface area contributed by atoms with Gasteiger partial charge in [0.15, 0.2) is 5.82 Å². The predicted octanol–water partition coefficient (Wildman–Crippen LogP) is 2.24. The Hall–Kier alpha value is -1.69. The number of likely N-dealkylation sites (tertiary alicyclic amines) is 1. The summed E-state index contributed by atoms with van der Waals surface area (Å²) in [6.45, 7) is 2.96. The van der Waals surface area contributed by atoms with Gasteiger partial charge in [-0.3, -0.25) is 10.1 Å². The number of non-ortho nitro benzene ring substituents is 1. The molecular weight excluding hydrogens is 237 g/mol. The summed E-state index contributed by atoms with van der Waals surface area (Å²) in [6, 6.07) is 4.33. The van der Waals surface area contributed by atoms with E-state index in [9.17, 15) is 14.5 Å². The maximum absolute atomic E-state index is 13.7. The number of anilines is 1. The molecule has 5 nitrogen and oxygen atoms in total. The fraction of sp³-hybridized carbons (Fsp3) is 0.500. The van der Waals surface area contributed by atoms with Gasteiger partial charge in [-0.1, -0.05) is 0 Å². The van der Waals surface area contributed by atoms with Gasteiger partial charge in [-0.15, -0.1) is 0 Å². The highest BCUT2D eigenvalue weighted by Crippen LogP contribution is 2.24. The minimum Gasteiger partial charge on any atom is -0.379 e. The van der Waals surface area contributed by atoms with Crippen LogP contribution >= 0.6 is 0 Å². The van der Waals surface area contributed by atoms with E-state index in [0.29, 0.717) is 11.7 Å². The number of nitro groups is 1. The Morgan fingerprint density at radius 2 is 2.28 bits per heavy atom. The van der Waals surface area contributed by atoms with E-state index >= 15 is 0 Å². The molecule has 2 unspecified atom stereocenters. The summed E-state index contributed by atoms with van der Waals surface area (Å²) in [5.74, 6) is -0.577. The topological polar surface area (TPSA) is 58.4 Å². The molecule has 1 aromatic carbocycles. The monoisotopic (exact) mass is 253 g/mol. The lowest BCUT2D eigenvalue weighted by atomic mass is 10.1. The molecule has 2 rings (SSSR count). The minimum atomic E-state index is -0.599. The Morgan fingerprint density at radius 1 is 1.56 bits per heavy atom. The third-order valence-electron chi connectivity index (χ3n) is 3.41. The lowest BCUT2D eigenvalue weighted by Crippen LogP contribution is -2.25. The molecule has 0 amide bonds. The van der Waals surface area contributed by atoms with E-state index in [4.69, 9.17) is 0 Å². The molecule has 0 bridgehead atoms. The standard InChI is InChI=1S/C12H16FN3O2/c1-8-5-9(7-15(8)2)14-12-4-3-10(16(17)18)6-11(12)13/h3-4,6,8-9,14H,5,7H2,1-2H3. The molecule has 1 saturated heterocycles. The van der Waals surface area contributed by atoms with Crippen LogP contribution in [0.2, 0.25) is 0 Å². The number of hydrogen-bond donors (Lipinski definition) is 1. The van der Waals surface area contributed by atoms with Gasteiger partial charge in [0.1, 0.15) is 0 Å². The van der Waals surface area contributed by atoms with Crippen molar-refractivity contribution in [1.82, 2.24) is 4.90 Å². The molecule has 0 saturated carbocycles. The molecule has 1 fully saturated rings. The molecule has 6 heteroatoms. The largest absolute Gasteiger partial charge is 0.379 e. The summed E-state index contributed by atoms with van der Waals surface area (Å²) in [5.41, 5.74) is 0.100. The first kappa shape index (κ1) is 12.8. The average molecular weight is 253 g/mol. The number of nitrogens with zero attached hydrogens (tertiary/aromatic N) is 2. The second kappa shape index (κ2) is 4.89. The zero-order chi connectivity index (χ0) is 13.3. The van der Waals surface area contributed by atoms with Crippen LogP contribution in [0.3, 0.4) is 0 Å². The molecule has 98 valence electrons. The third-order valence-corrected chi connectivity index (χ3v) is 3.41. The van der Waals surface area contributed by atoms with Crippen LogP contribution in [0.25, 0.3) is 0 Å². The molecular formula is C12H16FN3O2. The summed E-state index contributed by atoms with van der Waals surface area (Å²) < 4.78 is 13.7. The highest BCUT2D eigenvalue weighted by Gasteiger charge is 2.26. The molecule has 0 aliphatic carbocycles. The van der Waals surface area contributed by atoms with Crippen LogP contribution in [0.1, 0.15) is 13.3 Å². The number of benzene rings is 1. The van der Waals surface area contributed by atoms with Crippen molar-refractivity contribution in [3.8, 4) is 0 Å². The molecule has 0 aromatic heterocycles.